The lowest BCUT2D eigenvalue weighted by molar-refractivity contribution is 1.18. The molecule has 42 heavy (non-hydrogen) atoms. The summed E-state index contributed by atoms with van der Waals surface area (Å²) in [5.41, 5.74) is 10.5. The lowest BCUT2D eigenvalue weighted by atomic mass is 10.00. The minimum absolute atomic E-state index is 1.04. The van der Waals surface area contributed by atoms with Crippen molar-refractivity contribution >= 4 is 54.5 Å². The Morgan fingerprint density at radius 1 is 0.405 bits per heavy atom. The Morgan fingerprint density at radius 3 is 1.71 bits per heavy atom. The molecule has 9 rings (SSSR count). The van der Waals surface area contributed by atoms with Gasteiger partial charge in [-0.05, 0) is 77.9 Å². The molecule has 0 bridgehead atoms. The van der Waals surface area contributed by atoms with Crippen LogP contribution in [0.1, 0.15) is 0 Å². The first-order chi connectivity index (χ1) is 20.8. The van der Waals surface area contributed by atoms with E-state index in [-0.39, 0.29) is 0 Å². The summed E-state index contributed by atoms with van der Waals surface area (Å²) in [4.78, 5) is 4.86. The number of para-hydroxylation sites is 3. The summed E-state index contributed by atoms with van der Waals surface area (Å²) >= 11 is 0. The van der Waals surface area contributed by atoms with Crippen molar-refractivity contribution in [1.29, 1.82) is 0 Å². The van der Waals surface area contributed by atoms with Crippen molar-refractivity contribution in [3.8, 4) is 22.5 Å². The number of nitrogens with zero attached hydrogens (tertiary/aromatic N) is 3. The SMILES string of the molecule is c1ccc(-n2c3ccccc3c3cc(-c4ccc5c(c4)c4c6ncccc6ccc4n5-c4ccccc4)ccc32)cc1. The Balaban J connectivity index is 1.32. The Hall–Kier alpha value is -5.67. The van der Waals surface area contributed by atoms with Crippen LogP contribution in [0, 0.1) is 0 Å². The molecule has 0 unspecified atom stereocenters. The summed E-state index contributed by atoms with van der Waals surface area (Å²) in [6, 6.07) is 52.3. The Morgan fingerprint density at radius 2 is 0.976 bits per heavy atom. The highest BCUT2D eigenvalue weighted by Crippen LogP contribution is 2.39. The van der Waals surface area contributed by atoms with Gasteiger partial charge < -0.3 is 9.13 Å². The Labute approximate surface area is 242 Å². The fourth-order valence-corrected chi connectivity index (χ4v) is 6.69. The van der Waals surface area contributed by atoms with E-state index in [4.69, 9.17) is 4.98 Å². The molecule has 3 heterocycles. The van der Waals surface area contributed by atoms with E-state index in [2.05, 4.69) is 149 Å². The summed E-state index contributed by atoms with van der Waals surface area (Å²) in [6.45, 7) is 0. The Bertz CT molecular complexity index is 2450. The molecule has 3 aromatic heterocycles. The third-order valence-corrected chi connectivity index (χ3v) is 8.54. The average Bonchev–Trinajstić information content (AvgIpc) is 3.58. The molecule has 0 aliphatic rings. The molecule has 9 aromatic rings. The van der Waals surface area contributed by atoms with Gasteiger partial charge in [0.15, 0.2) is 0 Å². The number of hydrogen-bond donors (Lipinski definition) is 0. The van der Waals surface area contributed by atoms with Crippen molar-refractivity contribution in [1.82, 2.24) is 14.1 Å². The Kier molecular flexibility index (Phi) is 4.90. The zero-order valence-electron chi connectivity index (χ0n) is 22.8. The molecule has 3 nitrogen and oxygen atoms in total. The standard InChI is InChI=1S/C39H25N3/c1-3-11-29(12-4-1)41-34-16-8-7-15-31(34)32-24-27(18-20-35(32)41)28-19-21-36-33(25-28)38-37(42(36)30-13-5-2-6-14-30)22-17-26-10-9-23-40-39(26)38/h1-25H. The quantitative estimate of drug-likeness (QED) is 0.221. The number of hydrogen-bond acceptors (Lipinski definition) is 1. The highest BCUT2D eigenvalue weighted by atomic mass is 15.0. The predicted molar refractivity (Wildman–Crippen MR) is 176 cm³/mol. The van der Waals surface area contributed by atoms with Crippen LogP contribution in [0.3, 0.4) is 0 Å². The van der Waals surface area contributed by atoms with Crippen molar-refractivity contribution in [3.05, 3.63) is 152 Å². The largest absolute Gasteiger partial charge is 0.309 e. The van der Waals surface area contributed by atoms with Gasteiger partial charge in [-0.15, -0.1) is 0 Å². The van der Waals surface area contributed by atoms with Crippen molar-refractivity contribution in [2.45, 2.75) is 0 Å². The lowest BCUT2D eigenvalue weighted by Gasteiger charge is -2.09. The van der Waals surface area contributed by atoms with Gasteiger partial charge in [-0.3, -0.25) is 4.98 Å². The van der Waals surface area contributed by atoms with Crippen LogP contribution >= 0.6 is 0 Å². The second-order valence-corrected chi connectivity index (χ2v) is 10.9. The minimum Gasteiger partial charge on any atom is -0.309 e. The second kappa shape index (κ2) is 8.92. The number of benzene rings is 6. The van der Waals surface area contributed by atoms with Crippen LogP contribution in [0.4, 0.5) is 0 Å². The topological polar surface area (TPSA) is 22.8 Å². The van der Waals surface area contributed by atoms with E-state index in [0.717, 1.165) is 16.6 Å². The molecule has 0 saturated heterocycles. The summed E-state index contributed by atoms with van der Waals surface area (Å²) in [5, 5.41) is 6.07. The van der Waals surface area contributed by atoms with Gasteiger partial charge in [0.2, 0.25) is 0 Å². The van der Waals surface area contributed by atoms with Crippen molar-refractivity contribution in [2.24, 2.45) is 0 Å². The molecule has 0 N–H and O–H groups in total. The molecule has 0 radical (unpaired) electrons. The number of aromatic nitrogens is 3. The molecule has 0 amide bonds. The van der Waals surface area contributed by atoms with Gasteiger partial charge in [0.25, 0.3) is 0 Å². The monoisotopic (exact) mass is 535 g/mol. The zero-order valence-corrected chi connectivity index (χ0v) is 22.8. The fraction of sp³-hybridized carbons (Fsp3) is 0. The number of rotatable bonds is 3. The molecule has 0 atom stereocenters. The third-order valence-electron chi connectivity index (χ3n) is 8.54. The van der Waals surface area contributed by atoms with E-state index in [1.165, 1.54) is 60.4 Å². The normalized spacial score (nSPS) is 11.8. The van der Waals surface area contributed by atoms with Crippen LogP contribution in [-0.4, -0.2) is 14.1 Å². The van der Waals surface area contributed by atoms with Gasteiger partial charge in [0, 0.05) is 44.5 Å². The molecule has 0 fully saturated rings. The van der Waals surface area contributed by atoms with E-state index < -0.39 is 0 Å². The van der Waals surface area contributed by atoms with Gasteiger partial charge in [-0.1, -0.05) is 78.9 Å². The van der Waals surface area contributed by atoms with Crippen LogP contribution < -0.4 is 0 Å². The van der Waals surface area contributed by atoms with E-state index in [1.54, 1.807) is 0 Å². The van der Waals surface area contributed by atoms with Crippen molar-refractivity contribution in [3.63, 3.8) is 0 Å². The molecule has 6 aromatic carbocycles. The first-order valence-electron chi connectivity index (χ1n) is 14.3. The van der Waals surface area contributed by atoms with E-state index in [0.29, 0.717) is 0 Å². The van der Waals surface area contributed by atoms with Gasteiger partial charge in [-0.25, -0.2) is 0 Å². The van der Waals surface area contributed by atoms with Crippen molar-refractivity contribution in [2.75, 3.05) is 0 Å². The van der Waals surface area contributed by atoms with Gasteiger partial charge >= 0.3 is 0 Å². The van der Waals surface area contributed by atoms with E-state index in [9.17, 15) is 0 Å². The summed E-state index contributed by atoms with van der Waals surface area (Å²) in [7, 11) is 0. The van der Waals surface area contributed by atoms with Crippen LogP contribution in [0.5, 0.6) is 0 Å². The maximum Gasteiger partial charge on any atom is 0.0802 e. The summed E-state index contributed by atoms with van der Waals surface area (Å²) in [5.74, 6) is 0. The molecular formula is C39H25N3. The van der Waals surface area contributed by atoms with Crippen molar-refractivity contribution < 1.29 is 0 Å². The highest BCUT2D eigenvalue weighted by molar-refractivity contribution is 6.21. The van der Waals surface area contributed by atoms with Gasteiger partial charge in [-0.2, -0.15) is 0 Å². The maximum atomic E-state index is 4.86. The van der Waals surface area contributed by atoms with Gasteiger partial charge in [0.05, 0.1) is 27.6 Å². The molecule has 0 saturated carbocycles. The molecule has 0 spiro atoms. The smallest absolute Gasteiger partial charge is 0.0802 e. The van der Waals surface area contributed by atoms with E-state index >= 15 is 0 Å². The van der Waals surface area contributed by atoms with E-state index in [1.807, 2.05) is 12.3 Å². The lowest BCUT2D eigenvalue weighted by Crippen LogP contribution is -1.93. The summed E-state index contributed by atoms with van der Waals surface area (Å²) in [6.07, 6.45) is 1.90. The first-order valence-corrected chi connectivity index (χ1v) is 14.3. The molecule has 3 heteroatoms. The maximum absolute atomic E-state index is 4.86. The molecular weight excluding hydrogens is 510 g/mol. The molecule has 0 aliphatic heterocycles. The van der Waals surface area contributed by atoms with Crippen LogP contribution in [-0.2, 0) is 0 Å². The fourth-order valence-electron chi connectivity index (χ4n) is 6.69. The third kappa shape index (κ3) is 3.31. The highest BCUT2D eigenvalue weighted by Gasteiger charge is 2.17. The first kappa shape index (κ1) is 23.1. The average molecular weight is 536 g/mol. The predicted octanol–water partition coefficient (Wildman–Crippen LogP) is 10.1. The number of fused-ring (bicyclic) bond motifs is 8. The van der Waals surface area contributed by atoms with Crippen LogP contribution in [0.2, 0.25) is 0 Å². The molecule has 0 aliphatic carbocycles. The zero-order chi connectivity index (χ0) is 27.6. The molecule has 196 valence electrons. The van der Waals surface area contributed by atoms with Crippen LogP contribution in [0.15, 0.2) is 152 Å². The van der Waals surface area contributed by atoms with Gasteiger partial charge in [0.1, 0.15) is 0 Å². The van der Waals surface area contributed by atoms with Crippen LogP contribution in [0.25, 0.3) is 77.0 Å². The number of pyridine rings is 1. The summed E-state index contributed by atoms with van der Waals surface area (Å²) < 4.78 is 4.72. The second-order valence-electron chi connectivity index (χ2n) is 10.9. The minimum atomic E-state index is 1.04.